The van der Waals surface area contributed by atoms with Crippen molar-refractivity contribution in [2.45, 2.75) is 31.4 Å². The van der Waals surface area contributed by atoms with Crippen LogP contribution in [-0.2, 0) is 24.2 Å². The topological polar surface area (TPSA) is 101 Å². The average molecular weight is 305 g/mol. The molecule has 0 aromatic heterocycles. The van der Waals surface area contributed by atoms with Crippen LogP contribution in [0.25, 0.3) is 0 Å². The van der Waals surface area contributed by atoms with Gasteiger partial charge in [-0.25, -0.2) is 13.2 Å². The highest BCUT2D eigenvalue weighted by atomic mass is 32.2. The van der Waals surface area contributed by atoms with E-state index in [1.54, 1.807) is 0 Å². The number of nitrogens with zero attached hydrogens (tertiary/aromatic N) is 1. The molecule has 2 saturated heterocycles. The lowest BCUT2D eigenvalue weighted by Crippen LogP contribution is -2.41. The second kappa shape index (κ2) is 5.69. The monoisotopic (exact) mass is 305 g/mol. The maximum atomic E-state index is 12.2. The summed E-state index contributed by atoms with van der Waals surface area (Å²) in [6.07, 6.45) is 0.00382. The number of sulfone groups is 1. The second-order valence-corrected chi connectivity index (χ2v) is 7.68. The summed E-state index contributed by atoms with van der Waals surface area (Å²) in [6.45, 7) is 0.0953. The van der Waals surface area contributed by atoms with E-state index in [-0.39, 0.29) is 42.7 Å². The number of hydrogen-bond donors (Lipinski definition) is 1. The minimum absolute atomic E-state index is 0.0258. The summed E-state index contributed by atoms with van der Waals surface area (Å²) in [6, 6.07) is -0.763. The van der Waals surface area contributed by atoms with Gasteiger partial charge in [-0.15, -0.1) is 0 Å². The Balaban J connectivity index is 1.99. The standard InChI is InChI=1S/C12H19NO6S/c1-19-12(16)10-5-9(14)6-13(10)11(15)4-8-2-3-20(17,18)7-8/h8-10,14H,2-7H2,1H3. The van der Waals surface area contributed by atoms with Crippen molar-refractivity contribution in [1.29, 1.82) is 0 Å². The Kier molecular flexibility index (Phi) is 4.33. The largest absolute Gasteiger partial charge is 0.467 e. The molecule has 1 amide bonds. The number of amides is 1. The van der Waals surface area contributed by atoms with Crippen molar-refractivity contribution in [2.24, 2.45) is 5.92 Å². The summed E-state index contributed by atoms with van der Waals surface area (Å²) < 4.78 is 27.4. The predicted octanol–water partition coefficient (Wildman–Crippen LogP) is -1.05. The quantitative estimate of drug-likeness (QED) is 0.667. The zero-order valence-corrected chi connectivity index (χ0v) is 12.1. The van der Waals surface area contributed by atoms with Gasteiger partial charge in [0.2, 0.25) is 5.91 Å². The van der Waals surface area contributed by atoms with Crippen LogP contribution in [0.3, 0.4) is 0 Å². The maximum Gasteiger partial charge on any atom is 0.328 e. The maximum absolute atomic E-state index is 12.2. The van der Waals surface area contributed by atoms with E-state index in [2.05, 4.69) is 4.74 Å². The molecule has 2 heterocycles. The molecule has 3 atom stereocenters. The first-order chi connectivity index (χ1) is 9.32. The number of hydrogen-bond acceptors (Lipinski definition) is 6. The first-order valence-corrected chi connectivity index (χ1v) is 8.40. The molecular weight excluding hydrogens is 286 g/mol. The van der Waals surface area contributed by atoms with Crippen LogP contribution in [0.2, 0.25) is 0 Å². The zero-order valence-electron chi connectivity index (χ0n) is 11.3. The SMILES string of the molecule is COC(=O)C1CC(O)CN1C(=O)CC1CCS(=O)(=O)C1. The number of likely N-dealkylation sites (tertiary alicyclic amines) is 1. The molecule has 2 rings (SSSR count). The van der Waals surface area contributed by atoms with Gasteiger partial charge >= 0.3 is 5.97 Å². The molecule has 2 aliphatic rings. The van der Waals surface area contributed by atoms with E-state index in [9.17, 15) is 23.1 Å². The van der Waals surface area contributed by atoms with E-state index in [0.717, 1.165) is 0 Å². The van der Waals surface area contributed by atoms with E-state index in [4.69, 9.17) is 0 Å². The highest BCUT2D eigenvalue weighted by molar-refractivity contribution is 7.91. The van der Waals surface area contributed by atoms with Gasteiger partial charge in [0, 0.05) is 19.4 Å². The highest BCUT2D eigenvalue weighted by Crippen LogP contribution is 2.26. The lowest BCUT2D eigenvalue weighted by atomic mass is 10.0. The molecule has 2 aliphatic heterocycles. The van der Waals surface area contributed by atoms with Crippen molar-refractivity contribution in [3.63, 3.8) is 0 Å². The van der Waals surface area contributed by atoms with Crippen molar-refractivity contribution in [3.05, 3.63) is 0 Å². The molecule has 0 saturated carbocycles. The lowest BCUT2D eigenvalue weighted by Gasteiger charge is -2.23. The molecule has 20 heavy (non-hydrogen) atoms. The third kappa shape index (κ3) is 3.29. The van der Waals surface area contributed by atoms with Crippen molar-refractivity contribution >= 4 is 21.7 Å². The van der Waals surface area contributed by atoms with Crippen LogP contribution in [0.1, 0.15) is 19.3 Å². The van der Waals surface area contributed by atoms with Gasteiger partial charge in [-0.3, -0.25) is 4.79 Å². The Morgan fingerprint density at radius 2 is 2.10 bits per heavy atom. The fourth-order valence-electron chi connectivity index (χ4n) is 2.85. The minimum Gasteiger partial charge on any atom is -0.467 e. The fourth-order valence-corrected chi connectivity index (χ4v) is 4.71. The molecule has 3 unspecified atom stereocenters. The van der Waals surface area contributed by atoms with Gasteiger partial charge in [-0.1, -0.05) is 0 Å². The normalized spacial score (nSPS) is 32.3. The number of aliphatic hydroxyl groups excluding tert-OH is 1. The van der Waals surface area contributed by atoms with Gasteiger partial charge in [0.15, 0.2) is 9.84 Å². The summed E-state index contributed by atoms with van der Waals surface area (Å²) in [4.78, 5) is 25.1. The molecule has 0 radical (unpaired) electrons. The molecule has 0 aliphatic carbocycles. The van der Waals surface area contributed by atoms with E-state index < -0.39 is 28.0 Å². The Morgan fingerprint density at radius 3 is 2.65 bits per heavy atom. The Hall–Kier alpha value is -1.15. The smallest absolute Gasteiger partial charge is 0.328 e. The third-order valence-corrected chi connectivity index (χ3v) is 5.70. The highest BCUT2D eigenvalue weighted by Gasteiger charge is 2.40. The van der Waals surface area contributed by atoms with Crippen LogP contribution in [0.15, 0.2) is 0 Å². The first-order valence-electron chi connectivity index (χ1n) is 6.58. The van der Waals surface area contributed by atoms with Crippen LogP contribution in [0.4, 0.5) is 0 Å². The van der Waals surface area contributed by atoms with Crippen molar-refractivity contribution in [2.75, 3.05) is 25.2 Å². The van der Waals surface area contributed by atoms with E-state index in [1.165, 1.54) is 12.0 Å². The molecule has 0 aromatic rings. The van der Waals surface area contributed by atoms with Crippen molar-refractivity contribution < 1.29 is 27.9 Å². The van der Waals surface area contributed by atoms with E-state index >= 15 is 0 Å². The number of methoxy groups -OCH3 is 1. The number of carbonyl (C=O) groups is 2. The molecule has 2 fully saturated rings. The van der Waals surface area contributed by atoms with Crippen LogP contribution >= 0.6 is 0 Å². The Labute approximate surface area is 117 Å². The zero-order chi connectivity index (χ0) is 14.9. The summed E-state index contributed by atoms with van der Waals surface area (Å²) in [7, 11) is -1.79. The summed E-state index contributed by atoms with van der Waals surface area (Å²) in [5.41, 5.74) is 0. The van der Waals surface area contributed by atoms with Gasteiger partial charge in [0.05, 0.1) is 24.7 Å². The third-order valence-electron chi connectivity index (χ3n) is 3.86. The number of aliphatic hydroxyl groups is 1. The summed E-state index contributed by atoms with van der Waals surface area (Å²) in [5.74, 6) is -0.886. The van der Waals surface area contributed by atoms with Gasteiger partial charge in [-0.05, 0) is 12.3 Å². The van der Waals surface area contributed by atoms with Gasteiger partial charge in [0.25, 0.3) is 0 Å². The molecule has 0 spiro atoms. The second-order valence-electron chi connectivity index (χ2n) is 5.45. The molecule has 8 heteroatoms. The molecule has 114 valence electrons. The minimum atomic E-state index is -3.02. The van der Waals surface area contributed by atoms with Crippen molar-refractivity contribution in [3.8, 4) is 0 Å². The lowest BCUT2D eigenvalue weighted by molar-refractivity contribution is -0.151. The van der Waals surface area contributed by atoms with E-state index in [1.807, 2.05) is 0 Å². The Bertz CT molecular complexity index is 502. The fraction of sp³-hybridized carbons (Fsp3) is 0.833. The number of esters is 1. The predicted molar refractivity (Wildman–Crippen MR) is 69.5 cm³/mol. The first kappa shape index (κ1) is 15.2. The molecule has 7 nitrogen and oxygen atoms in total. The molecular formula is C12H19NO6S. The number of β-amino-alcohol motifs (C(OH)–C–C–N with tert-alkyl or cyclic N) is 1. The number of carbonyl (C=O) groups excluding carboxylic acids is 2. The molecule has 0 aromatic carbocycles. The van der Waals surface area contributed by atoms with Crippen LogP contribution in [0, 0.1) is 5.92 Å². The number of ether oxygens (including phenoxy) is 1. The van der Waals surface area contributed by atoms with Gasteiger partial charge in [0.1, 0.15) is 6.04 Å². The summed E-state index contributed by atoms with van der Waals surface area (Å²) >= 11 is 0. The van der Waals surface area contributed by atoms with Crippen LogP contribution in [-0.4, -0.2) is 67.6 Å². The van der Waals surface area contributed by atoms with Crippen LogP contribution < -0.4 is 0 Å². The van der Waals surface area contributed by atoms with E-state index in [0.29, 0.717) is 6.42 Å². The molecule has 1 N–H and O–H groups in total. The van der Waals surface area contributed by atoms with Gasteiger partial charge in [-0.2, -0.15) is 0 Å². The Morgan fingerprint density at radius 1 is 1.40 bits per heavy atom. The van der Waals surface area contributed by atoms with Crippen molar-refractivity contribution in [1.82, 2.24) is 4.90 Å². The summed E-state index contributed by atoms with van der Waals surface area (Å²) in [5, 5.41) is 9.61. The molecule has 0 bridgehead atoms. The van der Waals surface area contributed by atoms with Gasteiger partial charge < -0.3 is 14.7 Å². The van der Waals surface area contributed by atoms with Crippen LogP contribution in [0.5, 0.6) is 0 Å². The average Bonchev–Trinajstić information content (AvgIpc) is 2.91. The number of rotatable bonds is 3.